The van der Waals surface area contributed by atoms with Gasteiger partial charge in [0.2, 0.25) is 0 Å². The lowest BCUT2D eigenvalue weighted by molar-refractivity contribution is -0.154. The highest BCUT2D eigenvalue weighted by atomic mass is 16.5. The van der Waals surface area contributed by atoms with Gasteiger partial charge in [-0.2, -0.15) is 0 Å². The van der Waals surface area contributed by atoms with Gasteiger partial charge in [-0.15, -0.1) is 0 Å². The van der Waals surface area contributed by atoms with Gasteiger partial charge in [-0.25, -0.2) is 0 Å². The lowest BCUT2D eigenvalue weighted by atomic mass is 9.55. The van der Waals surface area contributed by atoms with Crippen molar-refractivity contribution >= 4 is 5.97 Å². The van der Waals surface area contributed by atoms with Gasteiger partial charge in [0.15, 0.2) is 0 Å². The number of fused-ring (bicyclic) bond motifs is 5. The first-order valence-electron chi connectivity index (χ1n) is 8.84. The van der Waals surface area contributed by atoms with Gasteiger partial charge in [-0.3, -0.25) is 4.79 Å². The normalized spacial score (nSPS) is 39.5. The number of aryl methyl sites for hydroxylation is 1. The Morgan fingerprint density at radius 3 is 2.82 bits per heavy atom. The minimum atomic E-state index is -0.108. The molecule has 5 atom stereocenters. The van der Waals surface area contributed by atoms with E-state index < -0.39 is 0 Å². The maximum atomic E-state index is 11.4. The lowest BCUT2D eigenvalue weighted by Gasteiger charge is -2.50. The van der Waals surface area contributed by atoms with Crippen LogP contribution in [0, 0.1) is 17.3 Å². The van der Waals surface area contributed by atoms with Crippen LogP contribution in [0.2, 0.25) is 0 Å². The zero-order valence-corrected chi connectivity index (χ0v) is 13.7. The van der Waals surface area contributed by atoms with Crippen LogP contribution in [0.3, 0.4) is 0 Å². The molecule has 3 aliphatic rings. The quantitative estimate of drug-likeness (QED) is 0.715. The first-order valence-corrected chi connectivity index (χ1v) is 8.84. The first kappa shape index (κ1) is 14.3. The molecule has 0 aromatic heterocycles. The van der Waals surface area contributed by atoms with Crippen molar-refractivity contribution in [1.29, 1.82) is 0 Å². The molecule has 3 aliphatic carbocycles. The molecule has 0 bridgehead atoms. The Morgan fingerprint density at radius 2 is 2.00 bits per heavy atom. The second kappa shape index (κ2) is 5.11. The van der Waals surface area contributed by atoms with Crippen LogP contribution >= 0.6 is 0 Å². The highest BCUT2D eigenvalue weighted by Gasteiger charge is 2.55. The maximum Gasteiger partial charge on any atom is 0.302 e. The number of esters is 1. The van der Waals surface area contributed by atoms with Crippen molar-refractivity contribution in [3.8, 4) is 0 Å². The Labute approximate surface area is 133 Å². The second-order valence-electron chi connectivity index (χ2n) is 7.83. The molecule has 0 heterocycles. The summed E-state index contributed by atoms with van der Waals surface area (Å²) in [5.74, 6) is 2.14. The number of ether oxygens (including phenoxy) is 1. The Morgan fingerprint density at radius 1 is 1.18 bits per heavy atom. The monoisotopic (exact) mass is 298 g/mol. The third-order valence-electron chi connectivity index (χ3n) is 6.86. The van der Waals surface area contributed by atoms with Gasteiger partial charge in [-0.05, 0) is 67.4 Å². The van der Waals surface area contributed by atoms with Crippen molar-refractivity contribution in [3.05, 3.63) is 35.4 Å². The summed E-state index contributed by atoms with van der Waals surface area (Å²) in [4.78, 5) is 11.4. The topological polar surface area (TPSA) is 26.3 Å². The Balaban J connectivity index is 1.63. The van der Waals surface area contributed by atoms with Crippen LogP contribution in [0.25, 0.3) is 0 Å². The van der Waals surface area contributed by atoms with E-state index in [0.29, 0.717) is 0 Å². The third kappa shape index (κ3) is 2.03. The molecule has 22 heavy (non-hydrogen) atoms. The van der Waals surface area contributed by atoms with Crippen LogP contribution in [-0.2, 0) is 16.0 Å². The number of carbonyl (C=O) groups is 1. The van der Waals surface area contributed by atoms with Crippen LogP contribution in [0.15, 0.2) is 24.3 Å². The van der Waals surface area contributed by atoms with Crippen LogP contribution in [0.1, 0.15) is 63.0 Å². The van der Waals surface area contributed by atoms with Crippen molar-refractivity contribution in [3.63, 3.8) is 0 Å². The molecule has 1 aromatic rings. The van der Waals surface area contributed by atoms with Crippen molar-refractivity contribution in [2.24, 2.45) is 17.3 Å². The average molecular weight is 298 g/mol. The van der Waals surface area contributed by atoms with Crippen molar-refractivity contribution in [2.45, 2.75) is 64.4 Å². The summed E-state index contributed by atoms with van der Waals surface area (Å²) in [5.41, 5.74) is 3.39. The summed E-state index contributed by atoms with van der Waals surface area (Å²) in [7, 11) is 0. The maximum absolute atomic E-state index is 11.4. The average Bonchev–Trinajstić information content (AvgIpc) is 2.83. The fourth-order valence-electron chi connectivity index (χ4n) is 5.87. The highest BCUT2D eigenvalue weighted by molar-refractivity contribution is 5.66. The molecule has 0 aliphatic heterocycles. The Hall–Kier alpha value is -1.31. The largest absolute Gasteiger partial charge is 0.462 e. The van der Waals surface area contributed by atoms with Gasteiger partial charge in [0.1, 0.15) is 6.10 Å². The van der Waals surface area contributed by atoms with Crippen LogP contribution < -0.4 is 0 Å². The summed E-state index contributed by atoms with van der Waals surface area (Å²) in [5, 5.41) is 0. The SMILES string of the molecule is CC(=O)O[C@@H]1CC[C@H]2[C@@H]3CCc4ccccc4[C@H]3CC[C@]12C. The molecular formula is C20H26O2. The van der Waals surface area contributed by atoms with E-state index in [2.05, 4.69) is 31.2 Å². The Kier molecular flexibility index (Phi) is 3.32. The van der Waals surface area contributed by atoms with Gasteiger partial charge < -0.3 is 4.74 Å². The minimum absolute atomic E-state index is 0.108. The predicted molar refractivity (Wildman–Crippen MR) is 86.6 cm³/mol. The van der Waals surface area contributed by atoms with Gasteiger partial charge in [0.25, 0.3) is 0 Å². The summed E-state index contributed by atoms with van der Waals surface area (Å²) in [6, 6.07) is 9.05. The van der Waals surface area contributed by atoms with E-state index in [1.54, 1.807) is 18.1 Å². The van der Waals surface area contributed by atoms with E-state index in [4.69, 9.17) is 4.74 Å². The van der Waals surface area contributed by atoms with E-state index in [1.807, 2.05) is 0 Å². The second-order valence-corrected chi connectivity index (χ2v) is 7.83. The predicted octanol–water partition coefficient (Wildman–Crippen LogP) is 4.47. The van der Waals surface area contributed by atoms with E-state index in [-0.39, 0.29) is 17.5 Å². The van der Waals surface area contributed by atoms with Gasteiger partial charge in [0.05, 0.1) is 0 Å². The lowest BCUT2D eigenvalue weighted by Crippen LogP contribution is -2.45. The molecule has 4 rings (SSSR count). The summed E-state index contributed by atoms with van der Waals surface area (Å²) < 4.78 is 5.69. The number of rotatable bonds is 1. The molecule has 0 saturated heterocycles. The summed E-state index contributed by atoms with van der Waals surface area (Å²) >= 11 is 0. The number of benzene rings is 1. The Bertz CT molecular complexity index is 593. The van der Waals surface area contributed by atoms with E-state index >= 15 is 0 Å². The summed E-state index contributed by atoms with van der Waals surface area (Å²) in [6.45, 7) is 3.94. The van der Waals surface area contributed by atoms with E-state index in [9.17, 15) is 4.79 Å². The number of carbonyl (C=O) groups excluding carboxylic acids is 1. The molecule has 0 spiro atoms. The fourth-order valence-corrected chi connectivity index (χ4v) is 5.87. The van der Waals surface area contributed by atoms with Crippen LogP contribution in [-0.4, -0.2) is 12.1 Å². The molecule has 2 fully saturated rings. The molecular weight excluding hydrogens is 272 g/mol. The van der Waals surface area contributed by atoms with Gasteiger partial charge in [0, 0.05) is 12.3 Å². The molecule has 2 heteroatoms. The fraction of sp³-hybridized carbons (Fsp3) is 0.650. The van der Waals surface area contributed by atoms with Gasteiger partial charge in [-0.1, -0.05) is 31.2 Å². The van der Waals surface area contributed by atoms with Gasteiger partial charge >= 0.3 is 5.97 Å². The molecule has 0 N–H and O–H groups in total. The molecule has 2 saturated carbocycles. The van der Waals surface area contributed by atoms with Crippen molar-refractivity contribution in [1.82, 2.24) is 0 Å². The smallest absolute Gasteiger partial charge is 0.302 e. The molecule has 1 aromatic carbocycles. The molecule has 118 valence electrons. The van der Waals surface area contributed by atoms with E-state index in [1.165, 1.54) is 32.1 Å². The number of hydrogen-bond acceptors (Lipinski definition) is 2. The van der Waals surface area contributed by atoms with Crippen LogP contribution in [0.5, 0.6) is 0 Å². The molecule has 2 nitrogen and oxygen atoms in total. The standard InChI is InChI=1S/C20H26O2/c1-13(21)22-19-10-9-18-17-8-7-14-5-3-4-6-15(14)16(17)11-12-20(18,19)2/h3-6,16-19H,7-12H2,1-2H3/t16-,17-,18+,19-,20+/m1/s1. The summed E-state index contributed by atoms with van der Waals surface area (Å²) in [6.07, 6.45) is 7.44. The molecule has 0 radical (unpaired) electrons. The molecule has 0 unspecified atom stereocenters. The van der Waals surface area contributed by atoms with Crippen LogP contribution in [0.4, 0.5) is 0 Å². The molecule has 0 amide bonds. The minimum Gasteiger partial charge on any atom is -0.462 e. The third-order valence-corrected chi connectivity index (χ3v) is 6.86. The first-order chi connectivity index (χ1) is 10.6. The number of hydrogen-bond donors (Lipinski definition) is 0. The van der Waals surface area contributed by atoms with E-state index in [0.717, 1.165) is 24.2 Å². The zero-order chi connectivity index (χ0) is 15.3. The highest BCUT2D eigenvalue weighted by Crippen LogP contribution is 2.61. The zero-order valence-electron chi connectivity index (χ0n) is 13.7. The van der Waals surface area contributed by atoms with Crippen molar-refractivity contribution in [2.75, 3.05) is 0 Å². The van der Waals surface area contributed by atoms with Crippen molar-refractivity contribution < 1.29 is 9.53 Å².